The van der Waals surface area contributed by atoms with E-state index < -0.39 is 12.6 Å². The van der Waals surface area contributed by atoms with Crippen LogP contribution in [-0.2, 0) is 9.47 Å². The number of ether oxygens (including phenoxy) is 4. The minimum Gasteiger partial charge on any atom is -0.457 e. The van der Waals surface area contributed by atoms with E-state index in [1.807, 2.05) is 84.9 Å². The van der Waals surface area contributed by atoms with Crippen LogP contribution >= 0.6 is 0 Å². The van der Waals surface area contributed by atoms with Gasteiger partial charge >= 0.3 is 0 Å². The highest BCUT2D eigenvalue weighted by Crippen LogP contribution is 2.34. The Labute approximate surface area is 188 Å². The van der Waals surface area contributed by atoms with Gasteiger partial charge in [0, 0.05) is 11.1 Å². The zero-order chi connectivity index (χ0) is 21.6. The van der Waals surface area contributed by atoms with E-state index in [1.165, 1.54) is 0 Å². The summed E-state index contributed by atoms with van der Waals surface area (Å²) in [6.45, 7) is 0.886. The second-order valence-corrected chi connectivity index (χ2v) is 7.44. The quantitative estimate of drug-likeness (QED) is 0.370. The van der Waals surface area contributed by atoms with Gasteiger partial charge in [0.05, 0.1) is 13.2 Å². The Balaban J connectivity index is 1.40. The molecule has 0 N–H and O–H groups in total. The largest absolute Gasteiger partial charge is 0.457 e. The molecule has 1 aliphatic heterocycles. The summed E-state index contributed by atoms with van der Waals surface area (Å²) in [6.07, 6.45) is -1.39. The van der Waals surface area contributed by atoms with E-state index in [2.05, 4.69) is 24.3 Å². The third-order valence-electron chi connectivity index (χ3n) is 5.30. The first-order chi connectivity index (χ1) is 15.9. The molecule has 0 spiro atoms. The fourth-order valence-corrected chi connectivity index (χ4v) is 3.77. The molecule has 5 rings (SSSR count). The predicted molar refractivity (Wildman–Crippen MR) is 124 cm³/mol. The van der Waals surface area contributed by atoms with Crippen LogP contribution in [0.2, 0.25) is 0 Å². The van der Waals surface area contributed by atoms with Gasteiger partial charge in [0.2, 0.25) is 0 Å². The number of rotatable bonds is 6. The number of para-hydroxylation sites is 2. The van der Waals surface area contributed by atoms with Crippen LogP contribution in [0.4, 0.5) is 0 Å². The maximum atomic E-state index is 6.30. The Morgan fingerprint density at radius 3 is 1.28 bits per heavy atom. The fourth-order valence-electron chi connectivity index (χ4n) is 3.77. The lowest BCUT2D eigenvalue weighted by Crippen LogP contribution is -2.45. The zero-order valence-electron chi connectivity index (χ0n) is 17.6. The van der Waals surface area contributed by atoms with E-state index in [4.69, 9.17) is 18.9 Å². The number of hydrogen-bond acceptors (Lipinski definition) is 4. The number of benzene rings is 4. The smallest absolute Gasteiger partial charge is 0.263 e. The van der Waals surface area contributed by atoms with Crippen molar-refractivity contribution in [3.63, 3.8) is 0 Å². The predicted octanol–water partition coefficient (Wildman–Crippen LogP) is 6.18. The molecule has 1 saturated heterocycles. The summed E-state index contributed by atoms with van der Waals surface area (Å²) in [4.78, 5) is 0. The SMILES string of the molecule is c1ccc(-c2ccccc2O[C@H]2OCCO[C@@H]2Oc2ccccc2-c2ccccc2)cc1. The van der Waals surface area contributed by atoms with Gasteiger partial charge in [0.1, 0.15) is 11.5 Å². The molecule has 32 heavy (non-hydrogen) atoms. The molecule has 1 heterocycles. The van der Waals surface area contributed by atoms with E-state index in [9.17, 15) is 0 Å². The second-order valence-electron chi connectivity index (χ2n) is 7.44. The molecule has 1 aliphatic rings. The topological polar surface area (TPSA) is 36.9 Å². The van der Waals surface area contributed by atoms with Crippen LogP contribution in [0.1, 0.15) is 0 Å². The van der Waals surface area contributed by atoms with Gasteiger partial charge in [-0.15, -0.1) is 0 Å². The molecule has 4 nitrogen and oxygen atoms in total. The summed E-state index contributed by atoms with van der Waals surface area (Å²) in [5.74, 6) is 1.44. The summed E-state index contributed by atoms with van der Waals surface area (Å²) < 4.78 is 24.5. The molecule has 4 aromatic rings. The Morgan fingerprint density at radius 1 is 0.469 bits per heavy atom. The van der Waals surface area contributed by atoms with Crippen LogP contribution in [0.25, 0.3) is 22.3 Å². The third-order valence-corrected chi connectivity index (χ3v) is 5.30. The van der Waals surface area contributed by atoms with E-state index in [0.717, 1.165) is 33.8 Å². The lowest BCUT2D eigenvalue weighted by molar-refractivity contribution is -0.270. The van der Waals surface area contributed by atoms with Crippen molar-refractivity contribution < 1.29 is 18.9 Å². The van der Waals surface area contributed by atoms with Crippen molar-refractivity contribution in [2.24, 2.45) is 0 Å². The molecule has 0 aliphatic carbocycles. The summed E-state index contributed by atoms with van der Waals surface area (Å²) in [5.41, 5.74) is 4.13. The molecule has 1 fully saturated rings. The van der Waals surface area contributed by atoms with Crippen LogP contribution in [-0.4, -0.2) is 25.8 Å². The normalized spacial score (nSPS) is 18.1. The van der Waals surface area contributed by atoms with Crippen LogP contribution in [0, 0.1) is 0 Å². The molecular formula is C28H24O4. The molecule has 2 atom stereocenters. The average molecular weight is 424 g/mol. The Kier molecular flexibility index (Phi) is 6.15. The molecule has 0 radical (unpaired) electrons. The Morgan fingerprint density at radius 2 is 0.844 bits per heavy atom. The minimum absolute atomic E-state index is 0.443. The van der Waals surface area contributed by atoms with Crippen LogP contribution in [0.15, 0.2) is 109 Å². The van der Waals surface area contributed by atoms with E-state index in [0.29, 0.717) is 13.2 Å². The van der Waals surface area contributed by atoms with Gasteiger partial charge in [-0.05, 0) is 23.3 Å². The molecule has 0 bridgehead atoms. The highest BCUT2D eigenvalue weighted by atomic mass is 16.8. The van der Waals surface area contributed by atoms with E-state index in [-0.39, 0.29) is 0 Å². The summed E-state index contributed by atoms with van der Waals surface area (Å²) in [7, 11) is 0. The van der Waals surface area contributed by atoms with Gasteiger partial charge in [-0.1, -0.05) is 97.1 Å². The highest BCUT2D eigenvalue weighted by Gasteiger charge is 2.32. The molecule has 4 heteroatoms. The van der Waals surface area contributed by atoms with E-state index in [1.54, 1.807) is 0 Å². The Bertz CT molecular complexity index is 1050. The van der Waals surface area contributed by atoms with Crippen molar-refractivity contribution in [3.05, 3.63) is 109 Å². The summed E-state index contributed by atoms with van der Waals surface area (Å²) in [6, 6.07) is 36.1. The lowest BCUT2D eigenvalue weighted by atomic mass is 10.0. The standard InChI is InChI=1S/C28H24O4/c1-3-11-21(12-4-1)23-15-7-9-17-25(23)31-27-28(30-20-19-29-27)32-26-18-10-8-16-24(26)22-13-5-2-6-14-22/h1-18,27-28H,19-20H2/t27-,28-/m1/s1. The molecule has 160 valence electrons. The van der Waals surface area contributed by atoms with Gasteiger partial charge in [-0.25, -0.2) is 0 Å². The monoisotopic (exact) mass is 424 g/mol. The van der Waals surface area contributed by atoms with Gasteiger partial charge in [0.25, 0.3) is 12.6 Å². The lowest BCUT2D eigenvalue weighted by Gasteiger charge is -2.32. The van der Waals surface area contributed by atoms with Crippen molar-refractivity contribution in [2.75, 3.05) is 13.2 Å². The van der Waals surface area contributed by atoms with Crippen LogP contribution < -0.4 is 9.47 Å². The first kappa shape index (κ1) is 20.3. The first-order valence-corrected chi connectivity index (χ1v) is 10.7. The second kappa shape index (κ2) is 9.69. The van der Waals surface area contributed by atoms with E-state index >= 15 is 0 Å². The van der Waals surface area contributed by atoms with Crippen molar-refractivity contribution >= 4 is 0 Å². The molecule has 0 aromatic heterocycles. The highest BCUT2D eigenvalue weighted by molar-refractivity contribution is 5.71. The van der Waals surface area contributed by atoms with Gasteiger partial charge in [-0.2, -0.15) is 0 Å². The molecular weight excluding hydrogens is 400 g/mol. The summed E-state index contributed by atoms with van der Waals surface area (Å²) >= 11 is 0. The summed E-state index contributed by atoms with van der Waals surface area (Å²) in [5, 5.41) is 0. The maximum Gasteiger partial charge on any atom is 0.263 e. The third kappa shape index (κ3) is 4.52. The van der Waals surface area contributed by atoms with Crippen molar-refractivity contribution in [3.8, 4) is 33.8 Å². The van der Waals surface area contributed by atoms with Crippen molar-refractivity contribution in [1.29, 1.82) is 0 Å². The van der Waals surface area contributed by atoms with Gasteiger partial charge in [0.15, 0.2) is 0 Å². The molecule has 0 saturated carbocycles. The van der Waals surface area contributed by atoms with Crippen LogP contribution in [0.5, 0.6) is 11.5 Å². The van der Waals surface area contributed by atoms with Crippen molar-refractivity contribution in [1.82, 2.24) is 0 Å². The van der Waals surface area contributed by atoms with Crippen LogP contribution in [0.3, 0.4) is 0 Å². The molecule has 4 aromatic carbocycles. The average Bonchev–Trinajstić information content (AvgIpc) is 2.87. The fraction of sp³-hybridized carbons (Fsp3) is 0.143. The molecule has 0 amide bonds. The van der Waals surface area contributed by atoms with Gasteiger partial charge in [-0.3, -0.25) is 0 Å². The first-order valence-electron chi connectivity index (χ1n) is 10.7. The minimum atomic E-state index is -0.697. The maximum absolute atomic E-state index is 6.30. The number of hydrogen-bond donors (Lipinski definition) is 0. The van der Waals surface area contributed by atoms with Gasteiger partial charge < -0.3 is 18.9 Å². The molecule has 0 unspecified atom stereocenters. The van der Waals surface area contributed by atoms with Crippen molar-refractivity contribution in [2.45, 2.75) is 12.6 Å². The zero-order valence-corrected chi connectivity index (χ0v) is 17.6. The Hall–Kier alpha value is -3.60.